The first kappa shape index (κ1) is 15.7. The Morgan fingerprint density at radius 1 is 1.09 bits per heavy atom. The lowest BCUT2D eigenvalue weighted by atomic mass is 9.99. The van der Waals surface area contributed by atoms with Gasteiger partial charge in [0, 0.05) is 23.2 Å². The molecule has 0 unspecified atom stereocenters. The lowest BCUT2D eigenvalue weighted by Gasteiger charge is -2.12. The number of aryl methyl sites for hydroxylation is 2. The quantitative estimate of drug-likeness (QED) is 0.889. The number of carbonyl (C=O) groups excluding carboxylic acids is 2. The van der Waals surface area contributed by atoms with E-state index in [4.69, 9.17) is 0 Å². The van der Waals surface area contributed by atoms with Gasteiger partial charge in [-0.15, -0.1) is 11.3 Å². The van der Waals surface area contributed by atoms with Crippen molar-refractivity contribution in [3.05, 3.63) is 45.1 Å². The summed E-state index contributed by atoms with van der Waals surface area (Å²) in [4.78, 5) is 25.9. The minimum Gasteiger partial charge on any atom is -0.326 e. The van der Waals surface area contributed by atoms with Gasteiger partial charge in [-0.25, -0.2) is 0 Å². The van der Waals surface area contributed by atoms with Crippen LogP contribution in [0.3, 0.4) is 0 Å². The van der Waals surface area contributed by atoms with Crippen molar-refractivity contribution in [2.24, 2.45) is 0 Å². The summed E-state index contributed by atoms with van der Waals surface area (Å²) in [5.74, 6) is -0.199. The summed E-state index contributed by atoms with van der Waals surface area (Å²) >= 11 is 1.60. The van der Waals surface area contributed by atoms with Crippen LogP contribution in [0.4, 0.5) is 11.4 Å². The average Bonchev–Trinajstić information content (AvgIpc) is 2.95. The van der Waals surface area contributed by atoms with Crippen LogP contribution in [-0.4, -0.2) is 11.8 Å². The van der Waals surface area contributed by atoms with Gasteiger partial charge in [0.2, 0.25) is 5.91 Å². The Labute approximate surface area is 139 Å². The molecule has 4 nitrogen and oxygen atoms in total. The van der Waals surface area contributed by atoms with Gasteiger partial charge < -0.3 is 10.6 Å². The fraction of sp³-hybridized carbons (Fsp3) is 0.333. The molecule has 1 aromatic carbocycles. The molecule has 0 spiro atoms. The van der Waals surface area contributed by atoms with Gasteiger partial charge in [-0.3, -0.25) is 9.59 Å². The van der Waals surface area contributed by atoms with Crippen molar-refractivity contribution < 1.29 is 9.59 Å². The molecule has 1 aromatic heterocycles. The predicted octanol–water partition coefficient (Wildman–Crippen LogP) is 4.15. The number of amides is 2. The molecule has 0 bridgehead atoms. The van der Waals surface area contributed by atoms with Crippen LogP contribution in [0.5, 0.6) is 0 Å². The van der Waals surface area contributed by atoms with Gasteiger partial charge in [0.1, 0.15) is 0 Å². The summed E-state index contributed by atoms with van der Waals surface area (Å²) in [6.45, 7) is 3.36. The van der Waals surface area contributed by atoms with Crippen LogP contribution in [0.15, 0.2) is 24.3 Å². The van der Waals surface area contributed by atoms with Gasteiger partial charge >= 0.3 is 0 Å². The Morgan fingerprint density at radius 2 is 1.78 bits per heavy atom. The van der Waals surface area contributed by atoms with Crippen LogP contribution in [0.1, 0.15) is 45.4 Å². The third-order valence-electron chi connectivity index (χ3n) is 4.11. The first-order chi connectivity index (χ1) is 11.0. The average molecular weight is 328 g/mol. The molecule has 2 amide bonds. The molecular weight excluding hydrogens is 308 g/mol. The minimum absolute atomic E-state index is 0.0764. The van der Waals surface area contributed by atoms with E-state index in [1.54, 1.807) is 11.3 Å². The number of benzene rings is 1. The summed E-state index contributed by atoms with van der Waals surface area (Å²) in [5.41, 5.74) is 3.64. The van der Waals surface area contributed by atoms with Gasteiger partial charge in [-0.1, -0.05) is 6.07 Å². The van der Waals surface area contributed by atoms with Crippen molar-refractivity contribution in [1.82, 2.24) is 0 Å². The van der Waals surface area contributed by atoms with Crippen molar-refractivity contribution in [2.45, 2.75) is 39.5 Å². The highest BCUT2D eigenvalue weighted by Crippen LogP contribution is 2.31. The monoisotopic (exact) mass is 328 g/mol. The Kier molecular flexibility index (Phi) is 4.48. The molecule has 0 atom stereocenters. The maximum Gasteiger partial charge on any atom is 0.265 e. The van der Waals surface area contributed by atoms with E-state index in [9.17, 15) is 9.59 Å². The molecule has 2 aromatic rings. The molecule has 120 valence electrons. The van der Waals surface area contributed by atoms with E-state index in [1.807, 2.05) is 31.2 Å². The normalized spacial score (nSPS) is 13.3. The number of hydrogen-bond acceptors (Lipinski definition) is 3. The molecular formula is C18H20N2O2S. The lowest BCUT2D eigenvalue weighted by molar-refractivity contribution is -0.114. The van der Waals surface area contributed by atoms with E-state index in [2.05, 4.69) is 10.6 Å². The first-order valence-electron chi connectivity index (χ1n) is 7.84. The zero-order valence-corrected chi connectivity index (χ0v) is 14.2. The van der Waals surface area contributed by atoms with Gasteiger partial charge in [0.25, 0.3) is 5.91 Å². The number of rotatable bonds is 3. The van der Waals surface area contributed by atoms with Crippen LogP contribution in [0.25, 0.3) is 0 Å². The lowest BCUT2D eigenvalue weighted by Crippen LogP contribution is -2.13. The molecule has 1 aliphatic carbocycles. The smallest absolute Gasteiger partial charge is 0.265 e. The number of anilines is 2. The number of hydrogen-bond donors (Lipinski definition) is 2. The molecule has 3 rings (SSSR count). The maximum absolute atomic E-state index is 12.5. The van der Waals surface area contributed by atoms with Crippen molar-refractivity contribution >= 4 is 34.5 Å². The molecule has 0 fully saturated rings. The highest BCUT2D eigenvalue weighted by molar-refractivity contribution is 7.14. The Morgan fingerprint density at radius 3 is 2.48 bits per heavy atom. The minimum atomic E-state index is -0.123. The van der Waals surface area contributed by atoms with Crippen LogP contribution in [-0.2, 0) is 17.6 Å². The van der Waals surface area contributed by atoms with Gasteiger partial charge in [0.15, 0.2) is 0 Å². The van der Waals surface area contributed by atoms with E-state index in [0.717, 1.165) is 34.7 Å². The summed E-state index contributed by atoms with van der Waals surface area (Å²) in [5, 5.41) is 5.75. The topological polar surface area (TPSA) is 58.2 Å². The number of fused-ring (bicyclic) bond motifs is 1. The Bertz CT molecular complexity index is 741. The highest BCUT2D eigenvalue weighted by Gasteiger charge is 2.18. The van der Waals surface area contributed by atoms with Crippen molar-refractivity contribution in [3.63, 3.8) is 0 Å². The summed E-state index contributed by atoms with van der Waals surface area (Å²) < 4.78 is 0. The molecule has 0 saturated carbocycles. The van der Waals surface area contributed by atoms with Crippen LogP contribution >= 0.6 is 11.3 Å². The molecule has 0 saturated heterocycles. The van der Waals surface area contributed by atoms with Gasteiger partial charge in [0.05, 0.1) is 4.88 Å². The molecule has 5 heteroatoms. The third-order valence-corrected chi connectivity index (χ3v) is 5.35. The fourth-order valence-corrected chi connectivity index (χ4v) is 4.03. The summed E-state index contributed by atoms with van der Waals surface area (Å²) in [7, 11) is 0. The van der Waals surface area contributed by atoms with Gasteiger partial charge in [-0.2, -0.15) is 0 Å². The largest absolute Gasteiger partial charge is 0.326 e. The highest BCUT2D eigenvalue weighted by atomic mass is 32.1. The zero-order chi connectivity index (χ0) is 16.4. The van der Waals surface area contributed by atoms with E-state index in [-0.39, 0.29) is 11.8 Å². The second kappa shape index (κ2) is 6.54. The number of nitrogens with one attached hydrogen (secondary N) is 2. The Balaban J connectivity index is 1.80. The first-order valence-corrected chi connectivity index (χ1v) is 8.66. The molecule has 0 radical (unpaired) electrons. The van der Waals surface area contributed by atoms with Gasteiger partial charge in [-0.05, 0) is 61.9 Å². The van der Waals surface area contributed by atoms with Crippen LogP contribution in [0.2, 0.25) is 0 Å². The maximum atomic E-state index is 12.5. The SMILES string of the molecule is CC(=O)Nc1cccc(NC(=O)c2cc3c(s2)CCCC3)c1C. The van der Waals surface area contributed by atoms with Crippen molar-refractivity contribution in [1.29, 1.82) is 0 Å². The summed E-state index contributed by atoms with van der Waals surface area (Å²) in [6, 6.07) is 7.54. The van der Waals surface area contributed by atoms with E-state index < -0.39 is 0 Å². The molecule has 2 N–H and O–H groups in total. The summed E-state index contributed by atoms with van der Waals surface area (Å²) in [6.07, 6.45) is 4.59. The zero-order valence-electron chi connectivity index (χ0n) is 13.4. The van der Waals surface area contributed by atoms with E-state index in [0.29, 0.717) is 0 Å². The molecule has 1 aliphatic rings. The van der Waals surface area contributed by atoms with Crippen molar-refractivity contribution in [2.75, 3.05) is 10.6 Å². The van der Waals surface area contributed by atoms with E-state index in [1.165, 1.54) is 30.2 Å². The predicted molar refractivity (Wildman–Crippen MR) is 94.4 cm³/mol. The van der Waals surface area contributed by atoms with Crippen LogP contribution in [0, 0.1) is 6.92 Å². The van der Waals surface area contributed by atoms with Crippen LogP contribution < -0.4 is 10.6 Å². The molecule has 0 aliphatic heterocycles. The molecule has 23 heavy (non-hydrogen) atoms. The standard InChI is InChI=1S/C18H20N2O2S/c1-11-14(19-12(2)21)7-5-8-15(11)20-18(22)17-10-13-6-3-4-9-16(13)23-17/h5,7-8,10H,3-4,6,9H2,1-2H3,(H,19,21)(H,20,22). The number of carbonyl (C=O) groups is 2. The Hall–Kier alpha value is -2.14. The van der Waals surface area contributed by atoms with E-state index >= 15 is 0 Å². The fourth-order valence-electron chi connectivity index (χ4n) is 2.88. The number of thiophene rings is 1. The second-order valence-corrected chi connectivity index (χ2v) is 7.02. The third kappa shape index (κ3) is 3.45. The second-order valence-electron chi connectivity index (χ2n) is 5.88. The molecule has 1 heterocycles. The van der Waals surface area contributed by atoms with Crippen molar-refractivity contribution in [3.8, 4) is 0 Å².